The summed E-state index contributed by atoms with van der Waals surface area (Å²) >= 11 is 3.46. The molecule has 0 amide bonds. The van der Waals surface area contributed by atoms with E-state index in [0.717, 1.165) is 46.1 Å². The maximum atomic E-state index is 5.33. The van der Waals surface area contributed by atoms with E-state index >= 15 is 0 Å². The van der Waals surface area contributed by atoms with Crippen molar-refractivity contribution >= 4 is 53.0 Å². The Morgan fingerprint density at radius 2 is 2.04 bits per heavy atom. The van der Waals surface area contributed by atoms with Crippen LogP contribution in [0.1, 0.15) is 12.0 Å². The molecule has 0 saturated carbocycles. The van der Waals surface area contributed by atoms with E-state index < -0.39 is 0 Å². The summed E-state index contributed by atoms with van der Waals surface area (Å²) in [6.45, 7) is 1.53. The van der Waals surface area contributed by atoms with Gasteiger partial charge in [0.05, 0.1) is 14.2 Å². The predicted octanol–water partition coefficient (Wildman–Crippen LogP) is 3.63. The number of benzene rings is 1. The Kier molecular flexibility index (Phi) is 11.5. The largest absolute Gasteiger partial charge is 0.493 e. The van der Waals surface area contributed by atoms with Crippen molar-refractivity contribution < 1.29 is 9.47 Å². The van der Waals surface area contributed by atoms with Crippen molar-refractivity contribution in [3.8, 4) is 11.5 Å². The van der Waals surface area contributed by atoms with Crippen LogP contribution in [0, 0.1) is 0 Å². The number of aliphatic imine (C=N–C) groups is 1. The topological polar surface area (TPSA) is 67.8 Å². The van der Waals surface area contributed by atoms with Crippen molar-refractivity contribution in [3.63, 3.8) is 0 Å². The van der Waals surface area contributed by atoms with Crippen LogP contribution in [0.15, 0.2) is 39.1 Å². The standard InChI is InChI=1S/C17H24N4O2S2.HI/c1-18-16(19-7-4-9-24-17-20-8-10-25-17)21-12-13-5-6-14(22-2)15(11-13)23-3;/h5-6,8,10-11H,4,7,9,12H2,1-3H3,(H2,18,19,21);1H. The van der Waals surface area contributed by atoms with Crippen molar-refractivity contribution in [2.24, 2.45) is 4.99 Å². The van der Waals surface area contributed by atoms with Gasteiger partial charge in [-0.05, 0) is 24.1 Å². The third kappa shape index (κ3) is 7.58. The molecule has 0 spiro atoms. The molecule has 26 heavy (non-hydrogen) atoms. The summed E-state index contributed by atoms with van der Waals surface area (Å²) in [5.74, 6) is 3.28. The van der Waals surface area contributed by atoms with Gasteiger partial charge >= 0.3 is 0 Å². The van der Waals surface area contributed by atoms with Gasteiger partial charge in [0.15, 0.2) is 17.5 Å². The number of methoxy groups -OCH3 is 2. The second kappa shape index (κ2) is 13.0. The molecular weight excluding hydrogens is 483 g/mol. The maximum absolute atomic E-state index is 5.33. The Morgan fingerprint density at radius 3 is 2.69 bits per heavy atom. The van der Waals surface area contributed by atoms with Crippen molar-refractivity contribution in [2.75, 3.05) is 33.6 Å². The summed E-state index contributed by atoms with van der Waals surface area (Å²) in [6.07, 6.45) is 2.88. The van der Waals surface area contributed by atoms with Gasteiger partial charge in [-0.2, -0.15) is 0 Å². The molecule has 1 heterocycles. The van der Waals surface area contributed by atoms with Gasteiger partial charge in [0.1, 0.15) is 4.34 Å². The van der Waals surface area contributed by atoms with Crippen molar-refractivity contribution in [1.82, 2.24) is 15.6 Å². The molecule has 1 aromatic heterocycles. The summed E-state index contributed by atoms with van der Waals surface area (Å²) in [4.78, 5) is 8.51. The van der Waals surface area contributed by atoms with E-state index in [1.807, 2.05) is 29.8 Å². The van der Waals surface area contributed by atoms with Crippen LogP contribution in [0.2, 0.25) is 0 Å². The second-order valence-corrected chi connectivity index (χ2v) is 7.28. The molecule has 0 aliphatic heterocycles. The minimum absolute atomic E-state index is 0. The monoisotopic (exact) mass is 508 g/mol. The van der Waals surface area contributed by atoms with E-state index in [9.17, 15) is 0 Å². The molecule has 6 nitrogen and oxygen atoms in total. The molecule has 2 rings (SSSR count). The van der Waals surface area contributed by atoms with Crippen LogP contribution in [0.4, 0.5) is 0 Å². The van der Waals surface area contributed by atoms with Gasteiger partial charge < -0.3 is 20.1 Å². The number of guanidine groups is 1. The Bertz CT molecular complexity index is 669. The lowest BCUT2D eigenvalue weighted by Gasteiger charge is -2.13. The van der Waals surface area contributed by atoms with E-state index in [1.165, 1.54) is 0 Å². The number of ether oxygens (including phenoxy) is 2. The average molecular weight is 508 g/mol. The van der Waals surface area contributed by atoms with Crippen molar-refractivity contribution in [3.05, 3.63) is 35.3 Å². The number of hydrogen-bond donors (Lipinski definition) is 2. The van der Waals surface area contributed by atoms with Gasteiger partial charge in [0.2, 0.25) is 0 Å². The van der Waals surface area contributed by atoms with Crippen LogP contribution < -0.4 is 20.1 Å². The SMILES string of the molecule is CN=C(NCCCSc1nccs1)NCc1ccc(OC)c(OC)c1.I. The molecule has 0 unspecified atom stereocenters. The first-order valence-corrected chi connectivity index (χ1v) is 9.81. The molecule has 0 fully saturated rings. The summed E-state index contributed by atoms with van der Waals surface area (Å²) in [6, 6.07) is 5.87. The molecule has 144 valence electrons. The maximum Gasteiger partial charge on any atom is 0.191 e. The van der Waals surface area contributed by atoms with E-state index in [4.69, 9.17) is 9.47 Å². The Balaban J connectivity index is 0.00000338. The number of thiazole rings is 1. The van der Waals surface area contributed by atoms with Gasteiger partial charge in [-0.1, -0.05) is 17.8 Å². The second-order valence-electron chi connectivity index (χ2n) is 5.04. The predicted molar refractivity (Wildman–Crippen MR) is 121 cm³/mol. The lowest BCUT2D eigenvalue weighted by Crippen LogP contribution is -2.37. The van der Waals surface area contributed by atoms with Crippen LogP contribution in [0.5, 0.6) is 11.5 Å². The van der Waals surface area contributed by atoms with Crippen LogP contribution in [0.3, 0.4) is 0 Å². The van der Waals surface area contributed by atoms with Crippen LogP contribution in [-0.2, 0) is 6.54 Å². The molecule has 0 saturated heterocycles. The van der Waals surface area contributed by atoms with Crippen molar-refractivity contribution in [1.29, 1.82) is 0 Å². The fraction of sp³-hybridized carbons (Fsp3) is 0.412. The third-order valence-electron chi connectivity index (χ3n) is 3.38. The normalized spacial score (nSPS) is 10.8. The average Bonchev–Trinajstić information content (AvgIpc) is 3.17. The zero-order valence-electron chi connectivity index (χ0n) is 15.2. The minimum Gasteiger partial charge on any atom is -0.493 e. The number of nitrogens with one attached hydrogen (secondary N) is 2. The fourth-order valence-electron chi connectivity index (χ4n) is 2.12. The van der Waals surface area contributed by atoms with Gasteiger partial charge in [-0.25, -0.2) is 4.98 Å². The quantitative estimate of drug-likeness (QED) is 0.177. The van der Waals surface area contributed by atoms with E-state index in [1.54, 1.807) is 44.4 Å². The van der Waals surface area contributed by atoms with Gasteiger partial charge in [-0.3, -0.25) is 4.99 Å². The number of rotatable bonds is 9. The first-order valence-electron chi connectivity index (χ1n) is 7.94. The van der Waals surface area contributed by atoms with Crippen LogP contribution in [0.25, 0.3) is 0 Å². The van der Waals surface area contributed by atoms with E-state index in [0.29, 0.717) is 6.54 Å². The fourth-order valence-corrected chi connectivity index (χ4v) is 3.76. The molecule has 0 atom stereocenters. The smallest absolute Gasteiger partial charge is 0.191 e. The van der Waals surface area contributed by atoms with Crippen LogP contribution >= 0.6 is 47.1 Å². The first-order chi connectivity index (χ1) is 12.3. The molecule has 0 bridgehead atoms. The number of nitrogens with zero attached hydrogens (tertiary/aromatic N) is 2. The lowest BCUT2D eigenvalue weighted by molar-refractivity contribution is 0.354. The zero-order chi connectivity index (χ0) is 17.9. The Labute approximate surface area is 180 Å². The van der Waals surface area contributed by atoms with Crippen LogP contribution in [-0.4, -0.2) is 44.5 Å². The summed E-state index contributed by atoms with van der Waals surface area (Å²) in [7, 11) is 5.04. The highest BCUT2D eigenvalue weighted by molar-refractivity contribution is 14.0. The number of hydrogen-bond acceptors (Lipinski definition) is 6. The Morgan fingerprint density at radius 1 is 1.23 bits per heavy atom. The highest BCUT2D eigenvalue weighted by Crippen LogP contribution is 2.27. The molecule has 0 aliphatic rings. The molecule has 0 aliphatic carbocycles. The van der Waals surface area contributed by atoms with Gasteiger partial charge in [0, 0.05) is 37.5 Å². The lowest BCUT2D eigenvalue weighted by atomic mass is 10.2. The minimum atomic E-state index is 0. The summed E-state index contributed by atoms with van der Waals surface area (Å²) < 4.78 is 11.7. The molecular formula is C17H25IN4O2S2. The van der Waals surface area contributed by atoms with Crippen molar-refractivity contribution in [2.45, 2.75) is 17.3 Å². The molecule has 1 aromatic carbocycles. The van der Waals surface area contributed by atoms with Gasteiger partial charge in [-0.15, -0.1) is 35.3 Å². The highest BCUT2D eigenvalue weighted by atomic mass is 127. The molecule has 2 N–H and O–H groups in total. The van der Waals surface area contributed by atoms with E-state index in [-0.39, 0.29) is 24.0 Å². The van der Waals surface area contributed by atoms with Gasteiger partial charge in [0.25, 0.3) is 0 Å². The first kappa shape index (κ1) is 22.8. The summed E-state index contributed by atoms with van der Waals surface area (Å²) in [5.41, 5.74) is 1.10. The molecule has 9 heteroatoms. The third-order valence-corrected chi connectivity index (χ3v) is 5.43. The van der Waals surface area contributed by atoms with E-state index in [2.05, 4.69) is 20.6 Å². The number of aromatic nitrogens is 1. The zero-order valence-corrected chi connectivity index (χ0v) is 19.1. The molecule has 2 aromatic rings. The summed E-state index contributed by atoms with van der Waals surface area (Å²) in [5, 5.41) is 8.63. The number of halogens is 1. The number of thioether (sulfide) groups is 1. The highest BCUT2D eigenvalue weighted by Gasteiger charge is 2.05. The molecule has 0 radical (unpaired) electrons. The Hall–Kier alpha value is -1.20.